The first kappa shape index (κ1) is 7.44. The highest BCUT2D eigenvalue weighted by Gasteiger charge is 2.14. The summed E-state index contributed by atoms with van der Waals surface area (Å²) in [6.45, 7) is -2.32. The third-order valence-corrected chi connectivity index (χ3v) is 2.07. The number of benzene rings is 1. The molecule has 1 nitrogen and oxygen atoms in total. The molecule has 2 rings (SSSR count). The summed E-state index contributed by atoms with van der Waals surface area (Å²) in [5, 5.41) is 0. The second-order valence-electron chi connectivity index (χ2n) is 3.16. The summed E-state index contributed by atoms with van der Waals surface area (Å²) >= 11 is 0. The molecule has 0 radical (unpaired) electrons. The van der Waals surface area contributed by atoms with Gasteiger partial charge in [0, 0.05) is 15.9 Å². The first-order chi connectivity index (χ1) is 8.80. The Morgan fingerprint density at radius 3 is 2.50 bits per heavy atom. The molecule has 0 aliphatic rings. The second kappa shape index (κ2) is 3.96. The van der Waals surface area contributed by atoms with Crippen molar-refractivity contribution < 1.29 is 17.3 Å². The molecule has 0 saturated carbocycles. The number of aryl methyl sites for hydroxylation is 1. The van der Waals surface area contributed by atoms with Crippen LogP contribution in [0.5, 0.6) is 0 Å². The quantitative estimate of drug-likeness (QED) is 0.678. The van der Waals surface area contributed by atoms with Crippen LogP contribution in [-0.2, 0) is 0 Å². The van der Waals surface area contributed by atoms with Crippen LogP contribution in [0.15, 0.2) is 30.5 Å². The number of hydrogen-bond acceptors (Lipinski definition) is 1. The van der Waals surface area contributed by atoms with E-state index in [1.807, 2.05) is 0 Å². The fraction of sp³-hybridized carbons (Fsp3) is 0.0833. The maximum atomic E-state index is 13.5. The van der Waals surface area contributed by atoms with Crippen LogP contribution in [0, 0.1) is 24.3 Å². The molecule has 0 unspecified atom stereocenters. The first-order valence-electron chi connectivity index (χ1n) is 5.91. The minimum atomic E-state index is -2.32. The summed E-state index contributed by atoms with van der Waals surface area (Å²) in [5.41, 5.74) is -0.209. The summed E-state index contributed by atoms with van der Waals surface area (Å²) in [4.78, 5) is 3.76. The average Bonchev–Trinajstić information content (AvgIpc) is 2.35. The van der Waals surface area contributed by atoms with E-state index < -0.39 is 24.3 Å². The number of aromatic nitrogens is 1. The van der Waals surface area contributed by atoms with E-state index in [9.17, 15) is 13.2 Å². The zero-order valence-electron chi connectivity index (χ0n) is 11.0. The Balaban J connectivity index is 2.46. The third kappa shape index (κ3) is 1.78. The summed E-state index contributed by atoms with van der Waals surface area (Å²) in [7, 11) is 0. The van der Waals surface area contributed by atoms with Crippen LogP contribution in [0.1, 0.15) is 9.68 Å². The minimum absolute atomic E-state index is 0.0146. The minimum Gasteiger partial charge on any atom is -0.256 e. The van der Waals surface area contributed by atoms with Crippen molar-refractivity contribution in [2.45, 2.75) is 6.85 Å². The summed E-state index contributed by atoms with van der Waals surface area (Å²) in [6.07, 6.45) is 1.06. The molecule has 0 amide bonds. The highest BCUT2D eigenvalue weighted by molar-refractivity contribution is 5.60. The van der Waals surface area contributed by atoms with Crippen LogP contribution in [0.25, 0.3) is 11.3 Å². The molecule has 0 aliphatic carbocycles. The lowest BCUT2D eigenvalue weighted by atomic mass is 10.1. The zero-order valence-corrected chi connectivity index (χ0v) is 7.97. The van der Waals surface area contributed by atoms with Crippen LogP contribution in [-0.4, -0.2) is 4.98 Å². The largest absolute Gasteiger partial charge is 0.256 e. The van der Waals surface area contributed by atoms with Crippen LogP contribution in [0.4, 0.5) is 13.2 Å². The molecule has 16 heavy (non-hydrogen) atoms. The van der Waals surface area contributed by atoms with Gasteiger partial charge in [0.2, 0.25) is 0 Å². The van der Waals surface area contributed by atoms with Gasteiger partial charge in [-0.1, -0.05) is 6.07 Å². The predicted molar refractivity (Wildman–Crippen MR) is 54.3 cm³/mol. The highest BCUT2D eigenvalue weighted by atomic mass is 19.2. The van der Waals surface area contributed by atoms with Gasteiger partial charge in [0.15, 0.2) is 17.5 Å². The molecule has 1 heterocycles. The van der Waals surface area contributed by atoms with Gasteiger partial charge in [-0.15, -0.1) is 0 Å². The average molecular weight is 226 g/mol. The van der Waals surface area contributed by atoms with Gasteiger partial charge in [0.25, 0.3) is 0 Å². The number of rotatable bonds is 1. The van der Waals surface area contributed by atoms with E-state index in [1.54, 1.807) is 0 Å². The van der Waals surface area contributed by atoms with Crippen molar-refractivity contribution in [2.24, 2.45) is 0 Å². The van der Waals surface area contributed by atoms with Crippen LogP contribution in [0.3, 0.4) is 0 Å². The molecule has 0 aliphatic heterocycles. The summed E-state index contributed by atoms with van der Waals surface area (Å²) < 4.78 is 60.9. The van der Waals surface area contributed by atoms with Crippen molar-refractivity contribution in [3.63, 3.8) is 0 Å². The van der Waals surface area contributed by atoms with Gasteiger partial charge in [-0.25, -0.2) is 13.2 Å². The summed E-state index contributed by atoms with van der Waals surface area (Å²) in [6, 6.07) is 4.33. The van der Waals surface area contributed by atoms with E-state index in [0.717, 1.165) is 18.3 Å². The normalized spacial score (nSPS) is 14.1. The molecule has 1 aromatic carbocycles. The molecule has 0 N–H and O–H groups in total. The third-order valence-electron chi connectivity index (χ3n) is 2.07. The van der Waals surface area contributed by atoms with E-state index in [1.165, 1.54) is 12.1 Å². The van der Waals surface area contributed by atoms with Crippen molar-refractivity contribution in [1.82, 2.24) is 4.98 Å². The fourth-order valence-corrected chi connectivity index (χ4v) is 1.28. The lowest BCUT2D eigenvalue weighted by Gasteiger charge is -2.04. The molecule has 0 fully saturated rings. The molecule has 0 spiro atoms. The predicted octanol–water partition coefficient (Wildman–Crippen LogP) is 3.47. The number of halogens is 3. The first-order valence-corrected chi connectivity index (χ1v) is 4.41. The maximum absolute atomic E-state index is 13.5. The molecule has 0 atom stereocenters. The van der Waals surface area contributed by atoms with Gasteiger partial charge in [-0.3, -0.25) is 4.98 Å². The summed E-state index contributed by atoms with van der Waals surface area (Å²) in [5.74, 6) is -4.23. The second-order valence-corrected chi connectivity index (χ2v) is 3.16. The zero-order chi connectivity index (χ0) is 14.2. The Kier molecular flexibility index (Phi) is 1.84. The number of pyridine rings is 1. The standard InChI is InChI=1S/C12H8F3N/c1-7-2-5-10(16-6-7)8-3-4-9(13)12(15)11(8)14/h2-6H,1H3/i1D3. The van der Waals surface area contributed by atoms with Crippen LogP contribution in [0.2, 0.25) is 0 Å². The lowest BCUT2D eigenvalue weighted by Crippen LogP contribution is -1.95. The Labute approximate surface area is 94.8 Å². The molecule has 0 bridgehead atoms. The molecule has 0 saturated heterocycles. The van der Waals surface area contributed by atoms with E-state index in [0.29, 0.717) is 0 Å². The Morgan fingerprint density at radius 1 is 1.06 bits per heavy atom. The van der Waals surface area contributed by atoms with Gasteiger partial charge in [0.05, 0.1) is 5.69 Å². The molecular weight excluding hydrogens is 215 g/mol. The monoisotopic (exact) mass is 226 g/mol. The van der Waals surface area contributed by atoms with E-state index in [-0.39, 0.29) is 16.8 Å². The molecule has 2 aromatic rings. The molecular formula is C12H8F3N. The Hall–Kier alpha value is -1.84. The molecule has 82 valence electrons. The van der Waals surface area contributed by atoms with E-state index in [2.05, 4.69) is 4.98 Å². The van der Waals surface area contributed by atoms with Crippen molar-refractivity contribution in [3.8, 4) is 11.3 Å². The number of nitrogens with zero attached hydrogens (tertiary/aromatic N) is 1. The van der Waals surface area contributed by atoms with Gasteiger partial charge >= 0.3 is 0 Å². The topological polar surface area (TPSA) is 12.9 Å². The fourth-order valence-electron chi connectivity index (χ4n) is 1.28. The SMILES string of the molecule is [2H]C([2H])([2H])c1ccc(-c2ccc(F)c(F)c2F)nc1. The Morgan fingerprint density at radius 2 is 1.88 bits per heavy atom. The number of hydrogen-bond donors (Lipinski definition) is 0. The van der Waals surface area contributed by atoms with Crippen molar-refractivity contribution in [2.75, 3.05) is 0 Å². The maximum Gasteiger partial charge on any atom is 0.195 e. The highest BCUT2D eigenvalue weighted by Crippen LogP contribution is 2.24. The van der Waals surface area contributed by atoms with Crippen LogP contribution < -0.4 is 0 Å². The van der Waals surface area contributed by atoms with Crippen LogP contribution >= 0.6 is 0 Å². The molecule has 4 heteroatoms. The Bertz CT molecular complexity index is 609. The lowest BCUT2D eigenvalue weighted by molar-refractivity contribution is 0.449. The smallest absolute Gasteiger partial charge is 0.195 e. The van der Waals surface area contributed by atoms with Gasteiger partial charge in [-0.05, 0) is 30.6 Å². The van der Waals surface area contributed by atoms with Crippen molar-refractivity contribution in [1.29, 1.82) is 0 Å². The van der Waals surface area contributed by atoms with Gasteiger partial charge in [-0.2, -0.15) is 0 Å². The van der Waals surface area contributed by atoms with Gasteiger partial charge < -0.3 is 0 Å². The van der Waals surface area contributed by atoms with Crippen molar-refractivity contribution >= 4 is 0 Å². The van der Waals surface area contributed by atoms with Crippen molar-refractivity contribution in [3.05, 3.63) is 53.5 Å². The van der Waals surface area contributed by atoms with Gasteiger partial charge in [0.1, 0.15) is 0 Å². The van der Waals surface area contributed by atoms with E-state index >= 15 is 0 Å². The van der Waals surface area contributed by atoms with E-state index in [4.69, 9.17) is 4.11 Å². The molecule has 1 aromatic heterocycles.